The SMILES string of the molecule is CCCCC[C@H](NC(=O)C1CCCO1)C(=O)c1nc2ccccc2s1.CCCCC[C@H](NC(=O)C1CCOCC1)C(=O)c1nc2ccccc2s1.CCCCC[C@H](NC(=O)c1cncs1)C(=O)c1nc2ccccc2s1.CCCCC[C@H](NC(=O)c1nccs1)C(=O)c1nc2ccccc2s1. The third-order valence-corrected chi connectivity index (χ3v) is 22.8. The molecule has 534 valence electrons. The van der Waals surface area contributed by atoms with Crippen molar-refractivity contribution in [3.63, 3.8) is 0 Å². The number of para-hydroxylation sites is 4. The molecule has 1 unspecified atom stereocenters. The van der Waals surface area contributed by atoms with E-state index < -0.39 is 30.3 Å². The molecule has 0 aliphatic carbocycles. The van der Waals surface area contributed by atoms with Crippen molar-refractivity contribution in [2.75, 3.05) is 19.8 Å². The summed E-state index contributed by atoms with van der Waals surface area (Å²) >= 11 is 8.07. The summed E-state index contributed by atoms with van der Waals surface area (Å²) in [6, 6.07) is 28.7. The Morgan fingerprint density at radius 2 is 0.832 bits per heavy atom. The molecule has 0 bridgehead atoms. The Balaban J connectivity index is 0.000000157. The number of nitrogens with one attached hydrogen (secondary N) is 4. The number of amides is 4. The molecule has 4 amide bonds. The third-order valence-electron chi connectivity index (χ3n) is 17.0. The zero-order valence-corrected chi connectivity index (χ0v) is 62.4. The summed E-state index contributed by atoms with van der Waals surface area (Å²) in [4.78, 5) is 128. The predicted molar refractivity (Wildman–Crippen MR) is 405 cm³/mol. The molecule has 5 atom stereocenters. The van der Waals surface area contributed by atoms with Crippen molar-refractivity contribution in [1.82, 2.24) is 51.2 Å². The van der Waals surface area contributed by atoms with E-state index in [2.05, 4.69) is 78.9 Å². The van der Waals surface area contributed by atoms with Gasteiger partial charge < -0.3 is 30.7 Å². The van der Waals surface area contributed by atoms with Crippen LogP contribution >= 0.6 is 68.0 Å². The molecule has 0 spiro atoms. The number of rotatable bonds is 32. The van der Waals surface area contributed by atoms with Gasteiger partial charge in [-0.2, -0.15) is 0 Å². The smallest absolute Gasteiger partial charge is 0.280 e. The van der Waals surface area contributed by atoms with Gasteiger partial charge in [-0.3, -0.25) is 43.3 Å². The van der Waals surface area contributed by atoms with Crippen molar-refractivity contribution in [2.45, 2.75) is 186 Å². The van der Waals surface area contributed by atoms with Crippen LogP contribution in [0.1, 0.15) is 215 Å². The van der Waals surface area contributed by atoms with Crippen LogP contribution in [0.15, 0.2) is 120 Å². The average molecular weight is 1480 g/mol. The lowest BCUT2D eigenvalue weighted by Gasteiger charge is -2.24. The van der Waals surface area contributed by atoms with Crippen molar-refractivity contribution >= 4 is 156 Å². The molecule has 0 saturated carbocycles. The molecular formula is C75H88N10O10S6. The number of hydrogen-bond donors (Lipinski definition) is 4. The molecule has 2 fully saturated rings. The number of ketones is 4. The molecule has 0 radical (unpaired) electrons. The van der Waals surface area contributed by atoms with Gasteiger partial charge >= 0.3 is 0 Å². The van der Waals surface area contributed by atoms with Crippen molar-refractivity contribution < 1.29 is 47.8 Å². The number of carbonyl (C=O) groups excluding carboxylic acids is 8. The second-order valence-electron chi connectivity index (χ2n) is 24.7. The number of Topliss-reactive ketones (excluding diaryl/α,β-unsaturated/α-hetero) is 4. The monoisotopic (exact) mass is 1480 g/mol. The first kappa shape index (κ1) is 77.3. The van der Waals surface area contributed by atoms with Crippen LogP contribution in [0.4, 0.5) is 0 Å². The van der Waals surface area contributed by atoms with Crippen molar-refractivity contribution in [3.8, 4) is 0 Å². The normalized spacial score (nSPS) is 14.8. The maximum Gasteiger partial charge on any atom is 0.280 e. The highest BCUT2D eigenvalue weighted by Gasteiger charge is 2.33. The quantitative estimate of drug-likeness (QED) is 0.0225. The van der Waals surface area contributed by atoms with Gasteiger partial charge in [0.1, 0.15) is 11.0 Å². The molecular weight excluding hydrogens is 1390 g/mol. The fraction of sp³-hybridized carbons (Fsp3) is 0.440. The van der Waals surface area contributed by atoms with Crippen LogP contribution in [0, 0.1) is 5.92 Å². The zero-order valence-electron chi connectivity index (χ0n) is 57.5. The first-order valence-corrected chi connectivity index (χ1v) is 40.1. The predicted octanol–water partition coefficient (Wildman–Crippen LogP) is 16.3. The molecule has 26 heteroatoms. The van der Waals surface area contributed by atoms with Gasteiger partial charge in [0.15, 0.2) is 25.0 Å². The summed E-state index contributed by atoms with van der Waals surface area (Å²) in [6.45, 7) is 10.3. The van der Waals surface area contributed by atoms with Gasteiger partial charge in [0.25, 0.3) is 11.8 Å². The maximum absolute atomic E-state index is 13.0. The number of nitrogens with zero attached hydrogens (tertiary/aromatic N) is 6. The van der Waals surface area contributed by atoms with Crippen molar-refractivity contribution in [1.29, 1.82) is 0 Å². The fourth-order valence-corrected chi connectivity index (χ4v) is 16.3. The van der Waals surface area contributed by atoms with E-state index in [4.69, 9.17) is 9.47 Å². The number of hydrogen-bond acceptors (Lipinski definition) is 22. The van der Waals surface area contributed by atoms with Crippen LogP contribution < -0.4 is 21.3 Å². The first-order chi connectivity index (χ1) is 49.2. The van der Waals surface area contributed by atoms with Crippen LogP contribution in [0.3, 0.4) is 0 Å². The summed E-state index contributed by atoms with van der Waals surface area (Å²) < 4.78 is 14.7. The molecule has 101 heavy (non-hydrogen) atoms. The molecule has 8 heterocycles. The van der Waals surface area contributed by atoms with Gasteiger partial charge in [0, 0.05) is 37.3 Å². The lowest BCUT2D eigenvalue weighted by atomic mass is 9.97. The number of aromatic nitrogens is 6. The van der Waals surface area contributed by atoms with Gasteiger partial charge in [-0.05, 0) is 99.9 Å². The van der Waals surface area contributed by atoms with Crippen LogP contribution in [0.25, 0.3) is 40.9 Å². The van der Waals surface area contributed by atoms with Gasteiger partial charge in [0.2, 0.25) is 34.9 Å². The molecule has 4 aromatic carbocycles. The van der Waals surface area contributed by atoms with Crippen LogP contribution in [-0.2, 0) is 19.1 Å². The van der Waals surface area contributed by atoms with E-state index >= 15 is 0 Å². The molecule has 2 aliphatic rings. The fourth-order valence-electron chi connectivity index (χ4n) is 11.4. The Kier molecular flexibility index (Phi) is 31.2. The summed E-state index contributed by atoms with van der Waals surface area (Å²) in [5.74, 6) is -1.20. The van der Waals surface area contributed by atoms with Gasteiger partial charge in [-0.15, -0.1) is 68.0 Å². The Labute approximate surface area is 612 Å². The number of unbranched alkanes of at least 4 members (excludes halogenated alkanes) is 8. The van der Waals surface area contributed by atoms with Crippen LogP contribution in [0.5, 0.6) is 0 Å². The standard InChI is InChI=1S/C20H26N2O3S.C19H24N2O3S.2C18H19N3O2S2/c1-2-3-4-8-16(21-19(24)14-10-12-25-13-11-14)18(23)20-22-15-7-5-6-9-17(15)26-20;1-2-3-4-9-14(20-18(23)15-10-7-12-24-15)17(22)19-21-13-8-5-6-11-16(13)25-19;1-2-3-4-8-13(20-17(23)15-10-19-11-24-15)16(22)18-21-12-7-5-6-9-14(12)25-18;1-2-3-4-8-13(20-16(23)18-19-10-11-24-18)15(22)17-21-12-7-5-6-9-14(12)25-17/h5-7,9,14,16H,2-4,8,10-13H2,1H3,(H,21,24);5-6,8,11,14-15H,2-4,7,9-10,12H2,1H3,(H,20,23);2*5-7,9-11,13H,2-4,8H2,1H3,(H,20,23)/t16-;14-,15?;2*13-/m0000/s1. The highest BCUT2D eigenvalue weighted by atomic mass is 32.1. The van der Waals surface area contributed by atoms with Crippen molar-refractivity contribution in [2.24, 2.45) is 5.92 Å². The third kappa shape index (κ3) is 22.8. The molecule has 10 aromatic rings. The average Bonchev–Trinajstić information content (AvgIpc) is 1.70. The zero-order chi connectivity index (χ0) is 71.3. The second-order valence-corrected chi connectivity index (χ2v) is 30.6. The number of carbonyl (C=O) groups is 8. The largest absolute Gasteiger partial charge is 0.381 e. The maximum atomic E-state index is 13.0. The van der Waals surface area contributed by atoms with Gasteiger partial charge in [-0.25, -0.2) is 24.9 Å². The topological polar surface area (TPSA) is 280 Å². The second kappa shape index (κ2) is 40.7. The van der Waals surface area contributed by atoms with E-state index in [9.17, 15) is 38.4 Å². The van der Waals surface area contributed by atoms with E-state index in [1.165, 1.54) is 74.2 Å². The van der Waals surface area contributed by atoms with E-state index in [0.29, 0.717) is 75.4 Å². The van der Waals surface area contributed by atoms with Gasteiger partial charge in [0.05, 0.1) is 76.7 Å². The summed E-state index contributed by atoms with van der Waals surface area (Å²) in [5.41, 5.74) is 4.90. The Hall–Kier alpha value is -7.82. The Morgan fingerprint density at radius 1 is 0.446 bits per heavy atom. The van der Waals surface area contributed by atoms with E-state index in [1.807, 2.05) is 97.1 Å². The molecule has 2 aliphatic heterocycles. The number of ether oxygens (including phenoxy) is 2. The Bertz CT molecular complexity index is 4010. The van der Waals surface area contributed by atoms with Gasteiger partial charge in [-0.1, -0.05) is 153 Å². The number of fused-ring (bicyclic) bond motifs is 4. The number of thiazole rings is 6. The van der Waals surface area contributed by atoms with E-state index in [-0.39, 0.29) is 52.7 Å². The van der Waals surface area contributed by atoms with Crippen LogP contribution in [0.2, 0.25) is 0 Å². The minimum Gasteiger partial charge on any atom is -0.381 e. The first-order valence-electron chi connectivity index (χ1n) is 35.0. The summed E-state index contributed by atoms with van der Waals surface area (Å²) in [7, 11) is 0. The molecule has 6 aromatic heterocycles. The molecule has 2 saturated heterocycles. The van der Waals surface area contributed by atoms with Crippen molar-refractivity contribution in [3.05, 3.63) is 150 Å². The highest BCUT2D eigenvalue weighted by Crippen LogP contribution is 2.29. The Morgan fingerprint density at radius 3 is 1.18 bits per heavy atom. The molecule has 20 nitrogen and oxygen atoms in total. The van der Waals surface area contributed by atoms with E-state index in [0.717, 1.165) is 144 Å². The van der Waals surface area contributed by atoms with Crippen LogP contribution in [-0.4, -0.2) is 127 Å². The highest BCUT2D eigenvalue weighted by molar-refractivity contribution is 7.21. The minimum absolute atomic E-state index is 0.0238. The molecule has 4 N–H and O–H groups in total. The lowest BCUT2D eigenvalue weighted by Crippen LogP contribution is -2.45. The number of benzene rings is 4. The van der Waals surface area contributed by atoms with E-state index in [1.54, 1.807) is 17.1 Å². The summed E-state index contributed by atoms with van der Waals surface area (Å²) in [5, 5.41) is 15.6. The lowest BCUT2D eigenvalue weighted by molar-refractivity contribution is -0.130. The minimum atomic E-state index is -0.566. The molecule has 12 rings (SSSR count). The summed E-state index contributed by atoms with van der Waals surface area (Å²) in [6.07, 6.45) is 20.3.